The van der Waals surface area contributed by atoms with Gasteiger partial charge in [-0.1, -0.05) is 17.7 Å². The summed E-state index contributed by atoms with van der Waals surface area (Å²) in [5.41, 5.74) is 2.54. The molecule has 5 nitrogen and oxygen atoms in total. The van der Waals surface area contributed by atoms with E-state index in [1.165, 1.54) is 23.8 Å². The van der Waals surface area contributed by atoms with Gasteiger partial charge < -0.3 is 20.1 Å². The molecule has 0 aliphatic carbocycles. The predicted octanol–water partition coefficient (Wildman–Crippen LogP) is 3.03. The van der Waals surface area contributed by atoms with Crippen LogP contribution >= 0.6 is 11.6 Å². The minimum Gasteiger partial charge on any atom is -0.361 e. The fraction of sp³-hybridized carbons (Fsp3) is 0.500. The molecule has 24 heavy (non-hydrogen) atoms. The molecule has 2 amide bonds. The Hall–Kier alpha value is -1.72. The molecule has 0 bridgehead atoms. The molecule has 0 saturated carbocycles. The van der Waals surface area contributed by atoms with Gasteiger partial charge in [-0.05, 0) is 49.5 Å². The van der Waals surface area contributed by atoms with E-state index in [1.807, 2.05) is 17.0 Å². The Balaban J connectivity index is 1.34. The molecule has 0 spiro atoms. The minimum absolute atomic E-state index is 0.0855. The molecule has 2 aliphatic rings. The molecule has 0 atom stereocenters. The van der Waals surface area contributed by atoms with Crippen LogP contribution in [0.25, 0.3) is 10.9 Å². The first-order chi connectivity index (χ1) is 11.7. The van der Waals surface area contributed by atoms with Crippen molar-refractivity contribution < 1.29 is 4.79 Å². The molecule has 6 heteroatoms. The van der Waals surface area contributed by atoms with Crippen LogP contribution in [-0.2, 0) is 0 Å². The van der Waals surface area contributed by atoms with Gasteiger partial charge in [0.05, 0.1) is 0 Å². The zero-order valence-corrected chi connectivity index (χ0v) is 14.5. The lowest BCUT2D eigenvalue weighted by atomic mass is 9.89. The Kier molecular flexibility index (Phi) is 4.37. The van der Waals surface area contributed by atoms with E-state index in [0.29, 0.717) is 5.92 Å². The first-order valence-electron chi connectivity index (χ1n) is 8.72. The number of carbonyl (C=O) groups excluding carboxylic acids is 1. The Morgan fingerprint density at radius 3 is 2.75 bits per heavy atom. The van der Waals surface area contributed by atoms with Gasteiger partial charge in [-0.2, -0.15) is 0 Å². The number of halogens is 1. The van der Waals surface area contributed by atoms with E-state index in [1.54, 1.807) is 0 Å². The van der Waals surface area contributed by atoms with Gasteiger partial charge in [0.25, 0.3) is 0 Å². The van der Waals surface area contributed by atoms with Crippen molar-refractivity contribution in [2.75, 3.05) is 39.3 Å². The number of nitrogens with one attached hydrogen (secondary N) is 2. The lowest BCUT2D eigenvalue weighted by Crippen LogP contribution is -2.40. The van der Waals surface area contributed by atoms with Gasteiger partial charge in [-0.15, -0.1) is 0 Å². The maximum atomic E-state index is 11.6. The van der Waals surface area contributed by atoms with Crippen molar-refractivity contribution in [3.05, 3.63) is 35.0 Å². The fourth-order valence-electron chi connectivity index (χ4n) is 3.91. The number of benzene rings is 1. The lowest BCUT2D eigenvalue weighted by molar-refractivity contribution is 0.181. The van der Waals surface area contributed by atoms with E-state index >= 15 is 0 Å². The first-order valence-corrected chi connectivity index (χ1v) is 9.10. The van der Waals surface area contributed by atoms with Crippen LogP contribution in [0.1, 0.15) is 24.3 Å². The molecule has 2 aliphatic heterocycles. The SMILES string of the molecule is O=C1NCCN1CCN1CCC(c2c[nH]c3cc(Cl)ccc23)CC1. The second-order valence-electron chi connectivity index (χ2n) is 6.77. The fourth-order valence-corrected chi connectivity index (χ4v) is 4.08. The van der Waals surface area contributed by atoms with Gasteiger partial charge in [0.15, 0.2) is 0 Å². The van der Waals surface area contributed by atoms with E-state index < -0.39 is 0 Å². The Morgan fingerprint density at radius 2 is 2.00 bits per heavy atom. The normalized spacial score (nSPS) is 20.0. The summed E-state index contributed by atoms with van der Waals surface area (Å²) in [6.45, 7) is 5.63. The summed E-state index contributed by atoms with van der Waals surface area (Å²) in [6, 6.07) is 6.18. The van der Waals surface area contributed by atoms with Crippen LogP contribution in [0.5, 0.6) is 0 Å². The summed E-state index contributed by atoms with van der Waals surface area (Å²) < 4.78 is 0. The van der Waals surface area contributed by atoms with Gasteiger partial charge in [-0.3, -0.25) is 0 Å². The third kappa shape index (κ3) is 3.10. The molecule has 0 radical (unpaired) electrons. The van der Waals surface area contributed by atoms with E-state index in [4.69, 9.17) is 11.6 Å². The summed E-state index contributed by atoms with van der Waals surface area (Å²) in [5, 5.41) is 4.93. The van der Waals surface area contributed by atoms with Crippen LogP contribution in [0.15, 0.2) is 24.4 Å². The van der Waals surface area contributed by atoms with Crippen LogP contribution in [0.4, 0.5) is 4.79 Å². The van der Waals surface area contributed by atoms with Crippen molar-refractivity contribution >= 4 is 28.5 Å². The molecule has 2 aromatic rings. The highest BCUT2D eigenvalue weighted by Gasteiger charge is 2.24. The van der Waals surface area contributed by atoms with Gasteiger partial charge in [0, 0.05) is 48.3 Å². The van der Waals surface area contributed by atoms with E-state index in [-0.39, 0.29) is 6.03 Å². The second kappa shape index (κ2) is 6.65. The van der Waals surface area contributed by atoms with Crippen molar-refractivity contribution in [3.63, 3.8) is 0 Å². The molecule has 1 aromatic carbocycles. The number of carbonyl (C=O) groups is 1. The van der Waals surface area contributed by atoms with Crippen molar-refractivity contribution in [1.29, 1.82) is 0 Å². The maximum Gasteiger partial charge on any atom is 0.317 e. The van der Waals surface area contributed by atoms with E-state index in [0.717, 1.165) is 49.8 Å². The number of piperidine rings is 1. The quantitative estimate of drug-likeness (QED) is 0.894. The number of likely N-dealkylation sites (tertiary alicyclic amines) is 1. The molecule has 2 N–H and O–H groups in total. The average Bonchev–Trinajstić information content (AvgIpc) is 3.19. The van der Waals surface area contributed by atoms with Gasteiger partial charge in [-0.25, -0.2) is 4.79 Å². The number of hydrogen-bond acceptors (Lipinski definition) is 2. The van der Waals surface area contributed by atoms with Crippen molar-refractivity contribution in [3.8, 4) is 0 Å². The average molecular weight is 347 g/mol. The van der Waals surface area contributed by atoms with E-state index in [9.17, 15) is 4.79 Å². The van der Waals surface area contributed by atoms with E-state index in [2.05, 4.69) is 27.5 Å². The zero-order chi connectivity index (χ0) is 16.5. The van der Waals surface area contributed by atoms with Gasteiger partial charge in [0.2, 0.25) is 0 Å². The molecular formula is C18H23ClN4O. The van der Waals surface area contributed by atoms with Crippen LogP contribution in [0.2, 0.25) is 5.02 Å². The molecule has 128 valence electrons. The summed E-state index contributed by atoms with van der Waals surface area (Å²) in [6.07, 6.45) is 4.49. The summed E-state index contributed by atoms with van der Waals surface area (Å²) in [5.74, 6) is 0.603. The highest BCUT2D eigenvalue weighted by atomic mass is 35.5. The summed E-state index contributed by atoms with van der Waals surface area (Å²) in [7, 11) is 0. The summed E-state index contributed by atoms with van der Waals surface area (Å²) in [4.78, 5) is 19.3. The number of H-pyrrole nitrogens is 1. The number of hydrogen-bond donors (Lipinski definition) is 2. The first kappa shape index (κ1) is 15.8. The standard InChI is InChI=1S/C18H23ClN4O/c19-14-1-2-15-16(12-21-17(15)11-14)13-3-6-22(7-4-13)9-10-23-8-5-20-18(23)24/h1-2,11-13,21H,3-10H2,(H,20,24). The number of urea groups is 1. The predicted molar refractivity (Wildman–Crippen MR) is 96.7 cm³/mol. The van der Waals surface area contributed by atoms with Crippen LogP contribution in [-0.4, -0.2) is 60.1 Å². The van der Waals surface area contributed by atoms with Gasteiger partial charge in [0.1, 0.15) is 0 Å². The largest absolute Gasteiger partial charge is 0.361 e. The number of aromatic amines is 1. The molecule has 2 fully saturated rings. The molecular weight excluding hydrogens is 324 g/mol. The number of nitrogens with zero attached hydrogens (tertiary/aromatic N) is 2. The smallest absolute Gasteiger partial charge is 0.317 e. The molecule has 1 aromatic heterocycles. The third-order valence-corrected chi connectivity index (χ3v) is 5.57. The van der Waals surface area contributed by atoms with Crippen LogP contribution in [0, 0.1) is 0 Å². The number of fused-ring (bicyclic) bond motifs is 1. The molecule has 2 saturated heterocycles. The monoisotopic (exact) mass is 346 g/mol. The zero-order valence-electron chi connectivity index (χ0n) is 13.7. The number of amides is 2. The highest BCUT2D eigenvalue weighted by molar-refractivity contribution is 6.31. The lowest BCUT2D eigenvalue weighted by Gasteiger charge is -2.32. The maximum absolute atomic E-state index is 11.6. The second-order valence-corrected chi connectivity index (χ2v) is 7.21. The Morgan fingerprint density at radius 1 is 1.17 bits per heavy atom. The highest BCUT2D eigenvalue weighted by Crippen LogP contribution is 2.33. The van der Waals surface area contributed by atoms with Crippen molar-refractivity contribution in [1.82, 2.24) is 20.1 Å². The molecule has 0 unspecified atom stereocenters. The Bertz CT molecular complexity index is 736. The van der Waals surface area contributed by atoms with Crippen LogP contribution in [0.3, 0.4) is 0 Å². The number of aromatic nitrogens is 1. The molecule has 4 rings (SSSR count). The third-order valence-electron chi connectivity index (χ3n) is 5.33. The van der Waals surface area contributed by atoms with Gasteiger partial charge >= 0.3 is 6.03 Å². The topological polar surface area (TPSA) is 51.4 Å². The summed E-state index contributed by atoms with van der Waals surface area (Å²) >= 11 is 6.07. The van der Waals surface area contributed by atoms with Crippen molar-refractivity contribution in [2.24, 2.45) is 0 Å². The number of rotatable bonds is 4. The minimum atomic E-state index is 0.0855. The Labute approximate surface area is 146 Å². The van der Waals surface area contributed by atoms with Crippen molar-refractivity contribution in [2.45, 2.75) is 18.8 Å². The van der Waals surface area contributed by atoms with Crippen LogP contribution < -0.4 is 5.32 Å². The molecule has 3 heterocycles.